The first kappa shape index (κ1) is 22.4. The smallest absolute Gasteiger partial charge is 0.273 e. The first-order chi connectivity index (χ1) is 14.0. The summed E-state index contributed by atoms with van der Waals surface area (Å²) in [7, 11) is 4.51. The van der Waals surface area contributed by atoms with Crippen LogP contribution < -0.4 is 5.32 Å². The number of benzene rings is 2. The Morgan fingerprint density at radius 1 is 1.10 bits per heavy atom. The number of amides is 1. The molecule has 0 unspecified atom stereocenters. The predicted octanol–water partition coefficient (Wildman–Crippen LogP) is 3.31. The van der Waals surface area contributed by atoms with E-state index in [-0.39, 0.29) is 24.8 Å². The number of carbonyl (C=O) groups is 1. The number of hydrogen-bond donors (Lipinski definition) is 1. The highest BCUT2D eigenvalue weighted by Crippen LogP contribution is 2.18. The van der Waals surface area contributed by atoms with Gasteiger partial charge in [-0.15, -0.1) is 0 Å². The highest BCUT2D eigenvalue weighted by Gasteiger charge is 2.19. The van der Waals surface area contributed by atoms with Crippen molar-refractivity contribution in [3.63, 3.8) is 0 Å². The molecule has 0 fully saturated rings. The van der Waals surface area contributed by atoms with Gasteiger partial charge in [0.25, 0.3) is 5.91 Å². The Hall–Kier alpha value is -2.90. The molecule has 0 aromatic heterocycles. The second kappa shape index (κ2) is 11.2. The fraction of sp³-hybridized carbons (Fsp3) is 0.286. The molecule has 29 heavy (non-hydrogen) atoms. The lowest BCUT2D eigenvalue weighted by atomic mass is 9.98. The molecule has 0 saturated carbocycles. The number of hydrogen-bond acceptors (Lipinski definition) is 6. The Morgan fingerprint density at radius 3 is 2.45 bits per heavy atom. The maximum Gasteiger partial charge on any atom is 0.273 e. The summed E-state index contributed by atoms with van der Waals surface area (Å²) in [5.41, 5.74) is 3.95. The first-order valence-corrected chi connectivity index (χ1v) is 9.25. The minimum Gasteiger partial charge on any atom is -0.398 e. The molecule has 0 bridgehead atoms. The molecule has 0 radical (unpaired) electrons. The van der Waals surface area contributed by atoms with E-state index in [0.717, 1.165) is 16.7 Å². The lowest BCUT2D eigenvalue weighted by Crippen LogP contribution is -2.29. The summed E-state index contributed by atoms with van der Waals surface area (Å²) in [4.78, 5) is 22.7. The number of oxime groups is 2. The van der Waals surface area contributed by atoms with Gasteiger partial charge in [0.2, 0.25) is 0 Å². The van der Waals surface area contributed by atoms with Gasteiger partial charge in [-0.3, -0.25) is 4.79 Å². The summed E-state index contributed by atoms with van der Waals surface area (Å²) in [5, 5.41) is 11.3. The molecule has 0 aliphatic heterocycles. The van der Waals surface area contributed by atoms with E-state index in [2.05, 4.69) is 15.6 Å². The number of aryl methyl sites for hydroxylation is 1. The van der Waals surface area contributed by atoms with E-state index in [1.54, 1.807) is 25.3 Å². The van der Waals surface area contributed by atoms with E-state index in [4.69, 9.17) is 26.0 Å². The van der Waals surface area contributed by atoms with Gasteiger partial charge in [0.15, 0.2) is 5.71 Å². The van der Waals surface area contributed by atoms with Crippen LogP contribution in [0.15, 0.2) is 52.8 Å². The Morgan fingerprint density at radius 2 is 1.83 bits per heavy atom. The summed E-state index contributed by atoms with van der Waals surface area (Å²) < 4.78 is 5.22. The Labute approximate surface area is 175 Å². The molecule has 0 aliphatic rings. The molecule has 0 heterocycles. The Kier molecular flexibility index (Phi) is 8.64. The molecule has 0 saturated heterocycles. The van der Waals surface area contributed by atoms with Crippen molar-refractivity contribution in [2.45, 2.75) is 13.5 Å². The molecule has 2 aromatic carbocycles. The highest BCUT2D eigenvalue weighted by atomic mass is 35.5. The lowest BCUT2D eigenvalue weighted by Gasteiger charge is -2.13. The van der Waals surface area contributed by atoms with Crippen LogP contribution in [0.4, 0.5) is 0 Å². The van der Waals surface area contributed by atoms with Crippen LogP contribution in [0.5, 0.6) is 0 Å². The van der Waals surface area contributed by atoms with E-state index in [1.807, 2.05) is 31.2 Å². The van der Waals surface area contributed by atoms with Gasteiger partial charge in [0.1, 0.15) is 19.4 Å². The zero-order valence-electron chi connectivity index (χ0n) is 16.9. The zero-order chi connectivity index (χ0) is 21.2. The van der Waals surface area contributed by atoms with E-state index < -0.39 is 0 Å². The second-order valence-corrected chi connectivity index (χ2v) is 6.49. The molecule has 0 atom stereocenters. The van der Waals surface area contributed by atoms with Crippen LogP contribution in [0.3, 0.4) is 0 Å². The van der Waals surface area contributed by atoms with Crippen molar-refractivity contribution >= 4 is 28.9 Å². The average molecular weight is 418 g/mol. The molecule has 0 aliphatic carbocycles. The SMILES string of the molecule is CNC(=O)/C(=N/OC)c1cccc(C)c1CO/N=C(\COC)c1ccc(Cl)cc1. The molecular weight excluding hydrogens is 394 g/mol. The average Bonchev–Trinajstić information content (AvgIpc) is 2.72. The van der Waals surface area contributed by atoms with Crippen LogP contribution in [0.2, 0.25) is 5.02 Å². The fourth-order valence-corrected chi connectivity index (χ4v) is 2.78. The van der Waals surface area contributed by atoms with Crippen molar-refractivity contribution in [2.24, 2.45) is 10.3 Å². The van der Waals surface area contributed by atoms with Crippen LogP contribution in [-0.2, 0) is 25.8 Å². The summed E-state index contributed by atoms with van der Waals surface area (Å²) in [6, 6.07) is 12.8. The van der Waals surface area contributed by atoms with Crippen molar-refractivity contribution < 1.29 is 19.2 Å². The summed E-state index contributed by atoms with van der Waals surface area (Å²) in [6.45, 7) is 2.34. The van der Waals surface area contributed by atoms with E-state index in [0.29, 0.717) is 16.3 Å². The number of nitrogens with zero attached hydrogens (tertiary/aromatic N) is 2. The van der Waals surface area contributed by atoms with Crippen molar-refractivity contribution in [1.82, 2.24) is 5.32 Å². The van der Waals surface area contributed by atoms with Gasteiger partial charge >= 0.3 is 0 Å². The standard InChI is InChI=1S/C21H24ClN3O4/c1-14-6-5-7-17(20(25-28-4)21(26)23-2)18(14)12-29-24-19(13-27-3)15-8-10-16(22)11-9-15/h5-11H,12-13H2,1-4H3,(H,23,26)/b24-19+,25-20+. The van der Waals surface area contributed by atoms with Gasteiger partial charge in [0.05, 0.1) is 6.61 Å². The number of halogens is 1. The molecule has 2 rings (SSSR count). The monoisotopic (exact) mass is 417 g/mol. The summed E-state index contributed by atoms with van der Waals surface area (Å²) >= 11 is 5.95. The van der Waals surface area contributed by atoms with Gasteiger partial charge in [-0.25, -0.2) is 0 Å². The summed E-state index contributed by atoms with van der Waals surface area (Å²) in [5.74, 6) is -0.358. The lowest BCUT2D eigenvalue weighted by molar-refractivity contribution is -0.114. The van der Waals surface area contributed by atoms with Gasteiger partial charge in [0, 0.05) is 35.9 Å². The molecule has 154 valence electrons. The van der Waals surface area contributed by atoms with Crippen molar-refractivity contribution in [2.75, 3.05) is 27.9 Å². The van der Waals surface area contributed by atoms with Crippen LogP contribution in [0.1, 0.15) is 22.3 Å². The fourth-order valence-electron chi connectivity index (χ4n) is 2.65. The van der Waals surface area contributed by atoms with Crippen molar-refractivity contribution in [3.05, 3.63) is 69.7 Å². The minimum atomic E-state index is -0.358. The van der Waals surface area contributed by atoms with E-state index >= 15 is 0 Å². The number of nitrogens with one attached hydrogen (secondary N) is 1. The maximum atomic E-state index is 12.2. The predicted molar refractivity (Wildman–Crippen MR) is 113 cm³/mol. The molecule has 7 nitrogen and oxygen atoms in total. The van der Waals surface area contributed by atoms with Gasteiger partial charge in [-0.1, -0.05) is 52.2 Å². The second-order valence-electron chi connectivity index (χ2n) is 6.05. The van der Waals surface area contributed by atoms with Gasteiger partial charge < -0.3 is 19.7 Å². The number of methoxy groups -OCH3 is 1. The van der Waals surface area contributed by atoms with Crippen molar-refractivity contribution in [1.29, 1.82) is 0 Å². The van der Waals surface area contributed by atoms with Gasteiger partial charge in [-0.05, 0) is 24.6 Å². The highest BCUT2D eigenvalue weighted by molar-refractivity contribution is 6.45. The number of likely N-dealkylation sites (N-methyl/N-ethyl adjacent to an activating group) is 1. The summed E-state index contributed by atoms with van der Waals surface area (Å²) in [6.07, 6.45) is 0. The first-order valence-electron chi connectivity index (χ1n) is 8.87. The van der Waals surface area contributed by atoms with Gasteiger partial charge in [-0.2, -0.15) is 0 Å². The molecule has 1 N–H and O–H groups in total. The minimum absolute atomic E-state index is 0.141. The quantitative estimate of drug-likeness (QED) is 0.501. The largest absolute Gasteiger partial charge is 0.398 e. The maximum absolute atomic E-state index is 12.2. The number of rotatable bonds is 9. The molecule has 1 amide bonds. The molecule has 8 heteroatoms. The van der Waals surface area contributed by atoms with Crippen LogP contribution in [-0.4, -0.2) is 45.2 Å². The number of ether oxygens (including phenoxy) is 1. The Balaban J connectivity index is 2.31. The van der Waals surface area contributed by atoms with Crippen LogP contribution in [0, 0.1) is 6.92 Å². The zero-order valence-corrected chi connectivity index (χ0v) is 17.6. The van der Waals surface area contributed by atoms with Crippen molar-refractivity contribution in [3.8, 4) is 0 Å². The molecule has 0 spiro atoms. The third kappa shape index (κ3) is 6.04. The number of carbonyl (C=O) groups excluding carboxylic acids is 1. The normalized spacial score (nSPS) is 11.9. The van der Waals surface area contributed by atoms with E-state index in [9.17, 15) is 4.79 Å². The van der Waals surface area contributed by atoms with Crippen LogP contribution in [0.25, 0.3) is 0 Å². The Bertz CT molecular complexity index is 895. The molecule has 2 aromatic rings. The topological polar surface area (TPSA) is 81.5 Å². The van der Waals surface area contributed by atoms with E-state index in [1.165, 1.54) is 14.2 Å². The van der Waals surface area contributed by atoms with Crippen LogP contribution >= 0.6 is 11.6 Å². The third-order valence-corrected chi connectivity index (χ3v) is 4.38. The molecular formula is C21H24ClN3O4. The third-order valence-electron chi connectivity index (χ3n) is 4.13.